The van der Waals surface area contributed by atoms with E-state index in [9.17, 15) is 4.79 Å². The minimum Gasteiger partial charge on any atom is -0.330 e. The number of halogens is 2. The highest BCUT2D eigenvalue weighted by Gasteiger charge is 2.09. The molecule has 0 aliphatic rings. The summed E-state index contributed by atoms with van der Waals surface area (Å²) < 4.78 is 2.40. The monoisotopic (exact) mass is 387 g/mol. The molecule has 0 unspecified atom stereocenters. The zero-order valence-corrected chi connectivity index (χ0v) is 14.0. The molecule has 0 aliphatic carbocycles. The molecule has 6 nitrogen and oxygen atoms in total. The zero-order valence-electron chi connectivity index (χ0n) is 10.9. The van der Waals surface area contributed by atoms with Gasteiger partial charge in [0.15, 0.2) is 10.8 Å². The van der Waals surface area contributed by atoms with E-state index in [1.165, 1.54) is 4.68 Å². The second kappa shape index (κ2) is 6.88. The maximum Gasteiger partial charge on any atom is 0.290 e. The van der Waals surface area contributed by atoms with Gasteiger partial charge in [0.25, 0.3) is 5.91 Å². The van der Waals surface area contributed by atoms with E-state index >= 15 is 0 Å². The molecule has 1 heterocycles. The lowest BCUT2D eigenvalue weighted by atomic mass is 10.3. The quantitative estimate of drug-likeness (QED) is 0.544. The smallest absolute Gasteiger partial charge is 0.290 e. The molecule has 0 bridgehead atoms. The van der Waals surface area contributed by atoms with Crippen molar-refractivity contribution >= 4 is 56.5 Å². The second-order valence-corrected chi connectivity index (χ2v) is 5.76. The van der Waals surface area contributed by atoms with E-state index in [2.05, 4.69) is 37.2 Å². The van der Waals surface area contributed by atoms with Crippen LogP contribution in [-0.2, 0) is 7.05 Å². The fourth-order valence-electron chi connectivity index (χ4n) is 1.46. The summed E-state index contributed by atoms with van der Waals surface area (Å²) in [4.78, 5) is 11.8. The highest BCUT2D eigenvalue weighted by Crippen LogP contribution is 2.25. The molecular formula is C12H11BrClN5OS. The number of benzene rings is 1. The molecule has 2 rings (SSSR count). The third-order valence-electron chi connectivity index (χ3n) is 2.42. The predicted octanol–water partition coefficient (Wildman–Crippen LogP) is 2.47. The van der Waals surface area contributed by atoms with Crippen molar-refractivity contribution in [2.45, 2.75) is 0 Å². The Labute approximate surface area is 140 Å². The number of amides is 1. The van der Waals surface area contributed by atoms with Crippen molar-refractivity contribution in [1.29, 1.82) is 0 Å². The average molecular weight is 389 g/mol. The van der Waals surface area contributed by atoms with Crippen LogP contribution in [0.15, 0.2) is 34.9 Å². The predicted molar refractivity (Wildman–Crippen MR) is 89.2 cm³/mol. The van der Waals surface area contributed by atoms with E-state index in [0.29, 0.717) is 10.7 Å². The molecule has 0 saturated carbocycles. The molecule has 21 heavy (non-hydrogen) atoms. The van der Waals surface area contributed by atoms with E-state index in [1.54, 1.807) is 31.4 Å². The molecular weight excluding hydrogens is 378 g/mol. The summed E-state index contributed by atoms with van der Waals surface area (Å²) in [5.74, 6) is -0.387. The Morgan fingerprint density at radius 3 is 2.76 bits per heavy atom. The van der Waals surface area contributed by atoms with Gasteiger partial charge in [-0.3, -0.25) is 20.3 Å². The van der Waals surface area contributed by atoms with Gasteiger partial charge in [-0.15, -0.1) is 0 Å². The summed E-state index contributed by atoms with van der Waals surface area (Å²) in [6.07, 6.45) is 1.67. The number of aromatic nitrogens is 2. The van der Waals surface area contributed by atoms with Crippen LogP contribution in [0.4, 0.5) is 5.69 Å². The fraction of sp³-hybridized carbons (Fsp3) is 0.0833. The molecule has 3 N–H and O–H groups in total. The normalized spacial score (nSPS) is 10.0. The summed E-state index contributed by atoms with van der Waals surface area (Å²) in [5.41, 5.74) is 5.94. The van der Waals surface area contributed by atoms with Crippen molar-refractivity contribution in [3.05, 3.63) is 45.7 Å². The van der Waals surface area contributed by atoms with Crippen LogP contribution in [0.25, 0.3) is 0 Å². The van der Waals surface area contributed by atoms with Gasteiger partial charge < -0.3 is 5.32 Å². The Balaban J connectivity index is 1.89. The van der Waals surface area contributed by atoms with Crippen LogP contribution >= 0.6 is 39.7 Å². The van der Waals surface area contributed by atoms with Gasteiger partial charge in [0, 0.05) is 17.7 Å². The Kier molecular flexibility index (Phi) is 5.16. The summed E-state index contributed by atoms with van der Waals surface area (Å²) in [7, 11) is 1.73. The molecule has 2 aromatic rings. The van der Waals surface area contributed by atoms with E-state index < -0.39 is 0 Å². The van der Waals surface area contributed by atoms with Crippen molar-refractivity contribution in [3.63, 3.8) is 0 Å². The van der Waals surface area contributed by atoms with Crippen LogP contribution in [0, 0.1) is 0 Å². The molecule has 0 saturated heterocycles. The lowest BCUT2D eigenvalue weighted by Gasteiger charge is -2.12. The minimum atomic E-state index is -0.387. The van der Waals surface area contributed by atoms with Crippen LogP contribution in [0.1, 0.15) is 10.5 Å². The van der Waals surface area contributed by atoms with E-state index in [4.69, 9.17) is 23.8 Å². The molecule has 110 valence electrons. The van der Waals surface area contributed by atoms with Crippen molar-refractivity contribution in [3.8, 4) is 0 Å². The number of carbonyl (C=O) groups excluding carboxylic acids is 1. The fourth-order valence-corrected chi connectivity index (χ4v) is 2.34. The average Bonchev–Trinajstić information content (AvgIpc) is 2.86. The Morgan fingerprint density at radius 1 is 1.38 bits per heavy atom. The Hall–Kier alpha value is -1.64. The van der Waals surface area contributed by atoms with Gasteiger partial charge in [-0.2, -0.15) is 5.10 Å². The number of nitrogens with one attached hydrogen (secondary N) is 3. The lowest BCUT2D eigenvalue weighted by Crippen LogP contribution is -2.44. The first-order valence-electron chi connectivity index (χ1n) is 5.78. The number of nitrogens with zero attached hydrogens (tertiary/aromatic N) is 2. The maximum atomic E-state index is 11.8. The molecule has 1 amide bonds. The van der Waals surface area contributed by atoms with Crippen LogP contribution in [-0.4, -0.2) is 20.8 Å². The number of thiocarbonyl (C=S) groups is 1. The van der Waals surface area contributed by atoms with E-state index in [1.807, 2.05) is 6.07 Å². The molecule has 0 atom stereocenters. The summed E-state index contributed by atoms with van der Waals surface area (Å²) >= 11 is 14.4. The summed E-state index contributed by atoms with van der Waals surface area (Å²) in [5, 5.41) is 7.56. The largest absolute Gasteiger partial charge is 0.330 e. The highest BCUT2D eigenvalue weighted by atomic mass is 79.9. The Bertz CT molecular complexity index is 690. The van der Waals surface area contributed by atoms with Crippen molar-refractivity contribution in [2.24, 2.45) is 7.05 Å². The number of hydrogen-bond acceptors (Lipinski definition) is 3. The van der Waals surface area contributed by atoms with Crippen LogP contribution < -0.4 is 16.2 Å². The van der Waals surface area contributed by atoms with E-state index in [0.717, 1.165) is 4.47 Å². The highest BCUT2D eigenvalue weighted by molar-refractivity contribution is 9.10. The number of aryl methyl sites for hydroxylation is 1. The van der Waals surface area contributed by atoms with Crippen LogP contribution in [0.2, 0.25) is 5.02 Å². The lowest BCUT2D eigenvalue weighted by molar-refractivity contribution is 0.0938. The molecule has 1 aromatic carbocycles. The van der Waals surface area contributed by atoms with Gasteiger partial charge in [-0.05, 0) is 36.5 Å². The van der Waals surface area contributed by atoms with Gasteiger partial charge in [0.1, 0.15) is 0 Å². The first-order valence-corrected chi connectivity index (χ1v) is 7.35. The topological polar surface area (TPSA) is 71.0 Å². The number of hydrogen-bond donors (Lipinski definition) is 3. The van der Waals surface area contributed by atoms with Crippen LogP contribution in [0.5, 0.6) is 0 Å². The second-order valence-electron chi connectivity index (χ2n) is 4.03. The summed E-state index contributed by atoms with van der Waals surface area (Å²) in [6, 6.07) is 6.92. The Morgan fingerprint density at radius 2 is 2.14 bits per heavy atom. The zero-order chi connectivity index (χ0) is 15.4. The third kappa shape index (κ3) is 4.42. The van der Waals surface area contributed by atoms with E-state index in [-0.39, 0.29) is 16.7 Å². The SMILES string of the molecule is Cn1ccc(C(=O)NNC(=S)Nc2ccc(Br)cc2Cl)n1. The molecule has 0 aliphatic heterocycles. The van der Waals surface area contributed by atoms with Crippen LogP contribution in [0.3, 0.4) is 0 Å². The number of carbonyl (C=O) groups is 1. The number of anilines is 1. The maximum absolute atomic E-state index is 11.8. The van der Waals surface area contributed by atoms with Crippen molar-refractivity contribution in [1.82, 2.24) is 20.6 Å². The van der Waals surface area contributed by atoms with Crippen molar-refractivity contribution in [2.75, 3.05) is 5.32 Å². The molecule has 0 fully saturated rings. The van der Waals surface area contributed by atoms with Gasteiger partial charge in [0.05, 0.1) is 10.7 Å². The van der Waals surface area contributed by atoms with Crippen molar-refractivity contribution < 1.29 is 4.79 Å². The summed E-state index contributed by atoms with van der Waals surface area (Å²) in [6.45, 7) is 0. The third-order valence-corrected chi connectivity index (χ3v) is 3.43. The molecule has 9 heteroatoms. The van der Waals surface area contributed by atoms with Gasteiger partial charge in [0.2, 0.25) is 0 Å². The first-order chi connectivity index (χ1) is 9.95. The minimum absolute atomic E-state index is 0.212. The number of hydrazine groups is 1. The standard InChI is InChI=1S/C12H11BrClN5OS/c1-19-5-4-10(18-19)11(20)16-17-12(21)15-9-3-2-7(13)6-8(9)14/h2-6H,1H3,(H,16,20)(H2,15,17,21). The molecule has 0 spiro atoms. The molecule has 1 aromatic heterocycles. The number of rotatable bonds is 2. The van der Waals surface area contributed by atoms with Gasteiger partial charge in [-0.25, -0.2) is 0 Å². The van der Waals surface area contributed by atoms with Gasteiger partial charge >= 0.3 is 0 Å². The van der Waals surface area contributed by atoms with Gasteiger partial charge in [-0.1, -0.05) is 27.5 Å². The molecule has 0 radical (unpaired) electrons. The first kappa shape index (κ1) is 15.7.